The topological polar surface area (TPSA) is 62.3 Å². The van der Waals surface area contributed by atoms with Crippen molar-refractivity contribution in [2.24, 2.45) is 0 Å². The number of fused-ring (bicyclic) bond motifs is 1. The first-order chi connectivity index (χ1) is 10.3. The van der Waals surface area contributed by atoms with Crippen LogP contribution in [-0.2, 0) is 11.2 Å². The van der Waals surface area contributed by atoms with Crippen LogP contribution in [-0.4, -0.2) is 29.9 Å². The summed E-state index contributed by atoms with van der Waals surface area (Å²) in [7, 11) is 0. The van der Waals surface area contributed by atoms with Gasteiger partial charge in [0.2, 0.25) is 5.91 Å². The van der Waals surface area contributed by atoms with Gasteiger partial charge in [0.25, 0.3) is 5.91 Å². The summed E-state index contributed by atoms with van der Waals surface area (Å²) in [6.45, 7) is 0.656. The lowest BCUT2D eigenvalue weighted by molar-refractivity contribution is -0.117. The van der Waals surface area contributed by atoms with Gasteiger partial charge in [-0.1, -0.05) is 18.2 Å². The third-order valence-electron chi connectivity index (χ3n) is 3.51. The highest BCUT2D eigenvalue weighted by Gasteiger charge is 2.24. The van der Waals surface area contributed by atoms with Gasteiger partial charge in [-0.3, -0.25) is 14.6 Å². The van der Waals surface area contributed by atoms with Gasteiger partial charge >= 0.3 is 0 Å². The number of amides is 2. The molecule has 0 unspecified atom stereocenters. The number of anilines is 1. The summed E-state index contributed by atoms with van der Waals surface area (Å²) in [6, 6.07) is 11.2. The minimum Gasteiger partial charge on any atom is -0.343 e. The van der Waals surface area contributed by atoms with Gasteiger partial charge in [0.1, 0.15) is 0 Å². The standard InChI is InChI=1S/C16H15N3O2/c20-15(11-18-16(21)13-5-3-8-17-10-13)19-9-7-12-4-1-2-6-14(12)19/h1-6,8,10H,7,9,11H2,(H,18,21). The van der Waals surface area contributed by atoms with Crippen molar-refractivity contribution >= 4 is 17.5 Å². The Morgan fingerprint density at radius 1 is 1.19 bits per heavy atom. The average Bonchev–Trinajstić information content (AvgIpc) is 2.97. The predicted molar refractivity (Wildman–Crippen MR) is 79.1 cm³/mol. The Kier molecular flexibility index (Phi) is 3.64. The fraction of sp³-hybridized carbons (Fsp3) is 0.188. The molecule has 5 nitrogen and oxygen atoms in total. The molecule has 0 fully saturated rings. The maximum absolute atomic E-state index is 12.2. The summed E-state index contributed by atoms with van der Waals surface area (Å²) in [5, 5.41) is 2.64. The average molecular weight is 281 g/mol. The fourth-order valence-corrected chi connectivity index (χ4v) is 2.45. The molecule has 2 aromatic rings. The molecule has 1 N–H and O–H groups in total. The van der Waals surface area contributed by atoms with Crippen molar-refractivity contribution in [1.82, 2.24) is 10.3 Å². The first kappa shape index (κ1) is 13.3. The maximum atomic E-state index is 12.2. The van der Waals surface area contributed by atoms with E-state index in [4.69, 9.17) is 0 Å². The van der Waals surface area contributed by atoms with Gasteiger partial charge in [0, 0.05) is 24.6 Å². The van der Waals surface area contributed by atoms with E-state index in [0.717, 1.165) is 12.1 Å². The van der Waals surface area contributed by atoms with Crippen molar-refractivity contribution in [3.8, 4) is 0 Å². The van der Waals surface area contributed by atoms with Crippen molar-refractivity contribution in [3.05, 3.63) is 59.9 Å². The molecule has 3 rings (SSSR count). The quantitative estimate of drug-likeness (QED) is 0.925. The van der Waals surface area contributed by atoms with Gasteiger partial charge in [0.15, 0.2) is 0 Å². The molecule has 1 aliphatic rings. The van der Waals surface area contributed by atoms with Crippen LogP contribution in [0.15, 0.2) is 48.8 Å². The lowest BCUT2D eigenvalue weighted by Crippen LogP contribution is -2.39. The van der Waals surface area contributed by atoms with Gasteiger partial charge in [-0.25, -0.2) is 0 Å². The number of benzene rings is 1. The molecule has 5 heteroatoms. The van der Waals surface area contributed by atoms with Crippen molar-refractivity contribution in [2.75, 3.05) is 18.0 Å². The van der Waals surface area contributed by atoms with Crippen LogP contribution in [0.5, 0.6) is 0 Å². The highest BCUT2D eigenvalue weighted by atomic mass is 16.2. The number of nitrogens with zero attached hydrogens (tertiary/aromatic N) is 2. The number of carbonyl (C=O) groups is 2. The molecule has 1 aliphatic heterocycles. The van der Waals surface area contributed by atoms with Crippen LogP contribution in [0, 0.1) is 0 Å². The third kappa shape index (κ3) is 2.76. The lowest BCUT2D eigenvalue weighted by Gasteiger charge is -2.17. The van der Waals surface area contributed by atoms with Crippen LogP contribution in [0.3, 0.4) is 0 Å². The Hall–Kier alpha value is -2.69. The number of carbonyl (C=O) groups excluding carboxylic acids is 2. The van der Waals surface area contributed by atoms with E-state index >= 15 is 0 Å². The number of rotatable bonds is 3. The Labute approximate surface area is 122 Å². The molecule has 0 bridgehead atoms. The summed E-state index contributed by atoms with van der Waals surface area (Å²) < 4.78 is 0. The number of nitrogens with one attached hydrogen (secondary N) is 1. The number of hydrogen-bond donors (Lipinski definition) is 1. The van der Waals surface area contributed by atoms with Crippen molar-refractivity contribution in [2.45, 2.75) is 6.42 Å². The van der Waals surface area contributed by atoms with Crippen LogP contribution in [0.4, 0.5) is 5.69 Å². The molecule has 21 heavy (non-hydrogen) atoms. The second kappa shape index (κ2) is 5.75. The molecule has 0 spiro atoms. The van der Waals surface area contributed by atoms with Crippen LogP contribution in [0.25, 0.3) is 0 Å². The highest BCUT2D eigenvalue weighted by molar-refractivity contribution is 6.01. The highest BCUT2D eigenvalue weighted by Crippen LogP contribution is 2.27. The van der Waals surface area contributed by atoms with Crippen LogP contribution >= 0.6 is 0 Å². The van der Waals surface area contributed by atoms with E-state index in [0.29, 0.717) is 12.1 Å². The van der Waals surface area contributed by atoms with E-state index in [1.807, 2.05) is 24.3 Å². The first-order valence-corrected chi connectivity index (χ1v) is 6.82. The van der Waals surface area contributed by atoms with E-state index < -0.39 is 0 Å². The van der Waals surface area contributed by atoms with E-state index in [1.54, 1.807) is 23.2 Å². The summed E-state index contributed by atoms with van der Waals surface area (Å²) >= 11 is 0. The molecule has 0 aliphatic carbocycles. The smallest absolute Gasteiger partial charge is 0.253 e. The molecule has 0 atom stereocenters. The molecule has 2 amide bonds. The number of pyridine rings is 1. The van der Waals surface area contributed by atoms with Crippen LogP contribution < -0.4 is 10.2 Å². The number of para-hydroxylation sites is 1. The van der Waals surface area contributed by atoms with E-state index in [9.17, 15) is 9.59 Å². The first-order valence-electron chi connectivity index (χ1n) is 6.82. The molecule has 1 aromatic carbocycles. The van der Waals surface area contributed by atoms with E-state index in [1.165, 1.54) is 11.8 Å². The summed E-state index contributed by atoms with van der Waals surface area (Å²) in [5.74, 6) is -0.388. The van der Waals surface area contributed by atoms with Gasteiger partial charge in [0.05, 0.1) is 12.1 Å². The Balaban J connectivity index is 1.62. The summed E-state index contributed by atoms with van der Waals surface area (Å²) in [4.78, 5) is 29.7. The fourth-order valence-electron chi connectivity index (χ4n) is 2.45. The zero-order valence-corrected chi connectivity index (χ0v) is 11.5. The minimum atomic E-state index is -0.288. The molecule has 106 valence electrons. The van der Waals surface area contributed by atoms with Gasteiger partial charge in [-0.2, -0.15) is 0 Å². The van der Waals surface area contributed by atoms with Crippen molar-refractivity contribution in [3.63, 3.8) is 0 Å². The van der Waals surface area contributed by atoms with E-state index in [2.05, 4.69) is 10.3 Å². The van der Waals surface area contributed by atoms with Crippen molar-refractivity contribution in [1.29, 1.82) is 0 Å². The second-order valence-electron chi connectivity index (χ2n) is 4.85. The number of hydrogen-bond acceptors (Lipinski definition) is 3. The SMILES string of the molecule is O=C(NCC(=O)N1CCc2ccccc21)c1cccnc1. The molecule has 0 saturated carbocycles. The maximum Gasteiger partial charge on any atom is 0.253 e. The second-order valence-corrected chi connectivity index (χ2v) is 4.85. The van der Waals surface area contributed by atoms with Crippen LogP contribution in [0.1, 0.15) is 15.9 Å². The molecule has 0 saturated heterocycles. The molecule has 1 aromatic heterocycles. The molecular formula is C16H15N3O2. The van der Waals surface area contributed by atoms with Gasteiger partial charge in [-0.15, -0.1) is 0 Å². The third-order valence-corrected chi connectivity index (χ3v) is 3.51. The Morgan fingerprint density at radius 3 is 2.86 bits per heavy atom. The van der Waals surface area contributed by atoms with Gasteiger partial charge < -0.3 is 10.2 Å². The Morgan fingerprint density at radius 2 is 2.05 bits per heavy atom. The Bertz CT molecular complexity index is 670. The summed E-state index contributed by atoms with van der Waals surface area (Å²) in [5.41, 5.74) is 2.56. The summed E-state index contributed by atoms with van der Waals surface area (Å²) in [6.07, 6.45) is 3.94. The van der Waals surface area contributed by atoms with Crippen LogP contribution in [0.2, 0.25) is 0 Å². The largest absolute Gasteiger partial charge is 0.343 e. The molecular weight excluding hydrogens is 266 g/mol. The normalized spacial score (nSPS) is 12.9. The predicted octanol–water partition coefficient (Wildman–Crippen LogP) is 1.40. The number of aromatic nitrogens is 1. The van der Waals surface area contributed by atoms with Gasteiger partial charge in [-0.05, 0) is 30.2 Å². The monoisotopic (exact) mass is 281 g/mol. The molecule has 0 radical (unpaired) electrons. The minimum absolute atomic E-state index is 0.0118. The molecule has 2 heterocycles. The van der Waals surface area contributed by atoms with Crippen molar-refractivity contribution < 1.29 is 9.59 Å². The zero-order chi connectivity index (χ0) is 14.7. The van der Waals surface area contributed by atoms with E-state index in [-0.39, 0.29) is 18.4 Å². The zero-order valence-electron chi connectivity index (χ0n) is 11.5. The lowest BCUT2D eigenvalue weighted by atomic mass is 10.2.